The Hall–Kier alpha value is -2.37. The van der Waals surface area contributed by atoms with Crippen molar-refractivity contribution in [3.8, 4) is 0 Å². The maximum Gasteiger partial charge on any atom is 0.251 e. The minimum Gasteiger partial charge on any atom is -0.354 e. The van der Waals surface area contributed by atoms with Crippen molar-refractivity contribution in [2.75, 3.05) is 13.1 Å². The average molecular weight is 347 g/mol. The van der Waals surface area contributed by atoms with Crippen LogP contribution in [0.25, 0.3) is 0 Å². The van der Waals surface area contributed by atoms with E-state index in [4.69, 9.17) is 0 Å². The Kier molecular flexibility index (Phi) is 8.11. The summed E-state index contributed by atoms with van der Waals surface area (Å²) in [4.78, 5) is 36.1. The van der Waals surface area contributed by atoms with Gasteiger partial charge < -0.3 is 16.0 Å². The van der Waals surface area contributed by atoms with Gasteiger partial charge in [-0.3, -0.25) is 14.4 Å². The van der Waals surface area contributed by atoms with Crippen LogP contribution in [0.3, 0.4) is 0 Å². The largest absolute Gasteiger partial charge is 0.354 e. The molecule has 1 aromatic rings. The Balaban J connectivity index is 2.55. The van der Waals surface area contributed by atoms with Gasteiger partial charge in [0.1, 0.15) is 6.04 Å². The Morgan fingerprint density at radius 3 is 1.88 bits per heavy atom. The first-order valence-corrected chi connectivity index (χ1v) is 8.65. The van der Waals surface area contributed by atoms with Crippen LogP contribution in [0.15, 0.2) is 24.3 Å². The first kappa shape index (κ1) is 20.7. The number of hydrogen-bond donors (Lipinski definition) is 3. The molecule has 0 aliphatic heterocycles. The number of amides is 3. The molecule has 1 rings (SSSR count). The van der Waals surface area contributed by atoms with Crippen LogP contribution in [0, 0.1) is 18.8 Å². The van der Waals surface area contributed by atoms with Gasteiger partial charge in [-0.05, 0) is 25.0 Å². The first-order valence-electron chi connectivity index (χ1n) is 8.65. The lowest BCUT2D eigenvalue weighted by Crippen LogP contribution is -2.51. The van der Waals surface area contributed by atoms with Crippen molar-refractivity contribution in [3.63, 3.8) is 0 Å². The van der Waals surface area contributed by atoms with E-state index >= 15 is 0 Å². The minimum atomic E-state index is -0.630. The summed E-state index contributed by atoms with van der Waals surface area (Å²) in [5, 5.41) is 8.27. The topological polar surface area (TPSA) is 87.3 Å². The standard InChI is InChI=1S/C19H29N3O3/c1-12(2)16(19(25)21-11-10-20-17(23)13(3)4)22-18(24)15-8-6-14(5)7-9-15/h6-9,12-13,16H,10-11H2,1-5H3,(H,20,23)(H,21,25)(H,22,24). The molecule has 0 spiro atoms. The molecule has 0 aliphatic rings. The second kappa shape index (κ2) is 9.81. The van der Waals surface area contributed by atoms with E-state index in [0.29, 0.717) is 18.7 Å². The maximum absolute atomic E-state index is 12.3. The lowest BCUT2D eigenvalue weighted by molar-refractivity contribution is -0.125. The summed E-state index contributed by atoms with van der Waals surface area (Å²) in [7, 11) is 0. The molecule has 1 aromatic carbocycles. The molecule has 0 saturated carbocycles. The van der Waals surface area contributed by atoms with Gasteiger partial charge in [-0.1, -0.05) is 45.4 Å². The van der Waals surface area contributed by atoms with Crippen molar-refractivity contribution < 1.29 is 14.4 Å². The summed E-state index contributed by atoms with van der Waals surface area (Å²) in [5.74, 6) is -0.730. The summed E-state index contributed by atoms with van der Waals surface area (Å²) < 4.78 is 0. The molecule has 3 amide bonds. The lowest BCUT2D eigenvalue weighted by atomic mass is 10.0. The monoisotopic (exact) mass is 347 g/mol. The first-order chi connectivity index (χ1) is 11.7. The normalized spacial score (nSPS) is 12.0. The van der Waals surface area contributed by atoms with Crippen LogP contribution in [0.2, 0.25) is 0 Å². The molecule has 6 heteroatoms. The summed E-state index contributed by atoms with van der Waals surface area (Å²) in [6.07, 6.45) is 0. The van der Waals surface area contributed by atoms with Crippen molar-refractivity contribution in [2.45, 2.75) is 40.7 Å². The predicted molar refractivity (Wildman–Crippen MR) is 98.1 cm³/mol. The molecule has 0 fully saturated rings. The molecule has 0 bridgehead atoms. The zero-order valence-electron chi connectivity index (χ0n) is 15.7. The van der Waals surface area contributed by atoms with Gasteiger partial charge in [0.2, 0.25) is 11.8 Å². The van der Waals surface area contributed by atoms with Crippen LogP contribution in [-0.2, 0) is 9.59 Å². The van der Waals surface area contributed by atoms with Crippen LogP contribution < -0.4 is 16.0 Å². The summed E-state index contributed by atoms with van der Waals surface area (Å²) in [6.45, 7) is 10.00. The van der Waals surface area contributed by atoms with Crippen molar-refractivity contribution in [1.29, 1.82) is 0 Å². The van der Waals surface area contributed by atoms with Crippen molar-refractivity contribution in [2.24, 2.45) is 11.8 Å². The van der Waals surface area contributed by atoms with Gasteiger partial charge in [-0.15, -0.1) is 0 Å². The Labute approximate surface area is 149 Å². The van der Waals surface area contributed by atoms with E-state index in [9.17, 15) is 14.4 Å². The van der Waals surface area contributed by atoms with Crippen LogP contribution in [0.4, 0.5) is 0 Å². The van der Waals surface area contributed by atoms with E-state index in [1.165, 1.54) is 0 Å². The second-order valence-corrected chi connectivity index (χ2v) is 6.80. The highest BCUT2D eigenvalue weighted by Crippen LogP contribution is 2.07. The number of carbonyl (C=O) groups is 3. The number of hydrogen-bond acceptors (Lipinski definition) is 3. The van der Waals surface area contributed by atoms with Gasteiger partial charge >= 0.3 is 0 Å². The smallest absolute Gasteiger partial charge is 0.251 e. The van der Waals surface area contributed by atoms with Crippen molar-refractivity contribution in [1.82, 2.24) is 16.0 Å². The predicted octanol–water partition coefficient (Wildman–Crippen LogP) is 1.64. The molecule has 6 nitrogen and oxygen atoms in total. The van der Waals surface area contributed by atoms with Crippen LogP contribution in [0.5, 0.6) is 0 Å². The number of aryl methyl sites for hydroxylation is 1. The quantitative estimate of drug-likeness (QED) is 0.625. The molecule has 25 heavy (non-hydrogen) atoms. The zero-order chi connectivity index (χ0) is 19.0. The van der Waals surface area contributed by atoms with E-state index in [0.717, 1.165) is 5.56 Å². The Morgan fingerprint density at radius 2 is 1.40 bits per heavy atom. The van der Waals surface area contributed by atoms with E-state index in [-0.39, 0.29) is 29.6 Å². The Bertz CT molecular complexity index is 594. The fourth-order valence-corrected chi connectivity index (χ4v) is 2.15. The van der Waals surface area contributed by atoms with Gasteiger partial charge in [-0.25, -0.2) is 0 Å². The van der Waals surface area contributed by atoms with Crippen LogP contribution >= 0.6 is 0 Å². The van der Waals surface area contributed by atoms with Gasteiger partial charge in [-0.2, -0.15) is 0 Å². The van der Waals surface area contributed by atoms with E-state index in [1.807, 2.05) is 46.8 Å². The highest BCUT2D eigenvalue weighted by atomic mass is 16.2. The third-order valence-corrected chi connectivity index (χ3v) is 3.80. The molecular formula is C19H29N3O3. The third kappa shape index (κ3) is 6.95. The Morgan fingerprint density at radius 1 is 0.880 bits per heavy atom. The molecule has 1 atom stereocenters. The van der Waals surface area contributed by atoms with Crippen LogP contribution in [0.1, 0.15) is 43.6 Å². The number of nitrogens with one attached hydrogen (secondary N) is 3. The SMILES string of the molecule is Cc1ccc(C(=O)NC(C(=O)NCCNC(=O)C(C)C)C(C)C)cc1. The highest BCUT2D eigenvalue weighted by molar-refractivity contribution is 5.97. The molecule has 0 saturated heterocycles. The maximum atomic E-state index is 12.3. The third-order valence-electron chi connectivity index (χ3n) is 3.80. The minimum absolute atomic E-state index is 0.0534. The summed E-state index contributed by atoms with van der Waals surface area (Å²) >= 11 is 0. The van der Waals surface area contributed by atoms with E-state index in [2.05, 4.69) is 16.0 Å². The number of carbonyl (C=O) groups excluding carboxylic acids is 3. The molecule has 1 unspecified atom stereocenters. The highest BCUT2D eigenvalue weighted by Gasteiger charge is 2.24. The molecule has 0 aliphatic carbocycles. The molecular weight excluding hydrogens is 318 g/mol. The summed E-state index contributed by atoms with van der Waals surface area (Å²) in [5.41, 5.74) is 1.59. The average Bonchev–Trinajstić information content (AvgIpc) is 2.56. The number of rotatable bonds is 8. The molecule has 0 aromatic heterocycles. The number of benzene rings is 1. The molecule has 138 valence electrons. The van der Waals surface area contributed by atoms with Crippen LogP contribution in [-0.4, -0.2) is 36.9 Å². The lowest BCUT2D eigenvalue weighted by Gasteiger charge is -2.22. The van der Waals surface area contributed by atoms with E-state index < -0.39 is 6.04 Å². The molecule has 0 heterocycles. The fraction of sp³-hybridized carbons (Fsp3) is 0.526. The van der Waals surface area contributed by atoms with E-state index in [1.54, 1.807) is 12.1 Å². The van der Waals surface area contributed by atoms with Crippen molar-refractivity contribution >= 4 is 17.7 Å². The molecule has 0 radical (unpaired) electrons. The van der Waals surface area contributed by atoms with Gasteiger partial charge in [0, 0.05) is 24.6 Å². The summed E-state index contributed by atoms with van der Waals surface area (Å²) in [6, 6.07) is 6.56. The molecule has 3 N–H and O–H groups in total. The van der Waals surface area contributed by atoms with Gasteiger partial charge in [0.05, 0.1) is 0 Å². The van der Waals surface area contributed by atoms with Gasteiger partial charge in [0.15, 0.2) is 0 Å². The van der Waals surface area contributed by atoms with Gasteiger partial charge in [0.25, 0.3) is 5.91 Å². The zero-order valence-corrected chi connectivity index (χ0v) is 15.7. The second-order valence-electron chi connectivity index (χ2n) is 6.80. The van der Waals surface area contributed by atoms with Crippen molar-refractivity contribution in [3.05, 3.63) is 35.4 Å². The fourth-order valence-electron chi connectivity index (χ4n) is 2.15.